The fraction of sp³-hybridized carbons (Fsp3) is 0.696. The highest BCUT2D eigenvalue weighted by Gasteiger charge is 2.54. The molecule has 0 spiro atoms. The van der Waals surface area contributed by atoms with E-state index in [-0.39, 0.29) is 27.9 Å². The van der Waals surface area contributed by atoms with E-state index in [1.165, 1.54) is 44.6 Å². The van der Waals surface area contributed by atoms with Crippen LogP contribution in [-0.2, 0) is 4.79 Å². The van der Waals surface area contributed by atoms with E-state index in [9.17, 15) is 14.9 Å². The molecule has 2 N–H and O–H groups in total. The second kappa shape index (κ2) is 7.52. The number of hydrogen-bond donors (Lipinski definition) is 2. The van der Waals surface area contributed by atoms with Gasteiger partial charge in [0, 0.05) is 38.2 Å². The summed E-state index contributed by atoms with van der Waals surface area (Å²) in [5, 5.41) is 18.1. The summed E-state index contributed by atoms with van der Waals surface area (Å²) in [6, 6.07) is 5.03. The summed E-state index contributed by atoms with van der Waals surface area (Å²) in [7, 11) is 0. The average molecular weight is 413 g/mol. The molecule has 162 valence electrons. The number of nitrogens with zero attached hydrogens (tertiary/aromatic N) is 2. The number of benzene rings is 1. The molecule has 1 amide bonds. The monoisotopic (exact) mass is 412 g/mol. The molecular weight excluding hydrogens is 380 g/mol. The third kappa shape index (κ3) is 3.37. The zero-order valence-corrected chi connectivity index (χ0v) is 17.7. The van der Waals surface area contributed by atoms with Crippen molar-refractivity contribution >= 4 is 23.0 Å². The normalized spacial score (nSPS) is 33.4. The van der Waals surface area contributed by atoms with Crippen LogP contribution in [0.3, 0.4) is 0 Å². The van der Waals surface area contributed by atoms with Crippen molar-refractivity contribution in [2.45, 2.75) is 45.4 Å². The van der Waals surface area contributed by atoms with E-state index in [2.05, 4.69) is 17.6 Å². The molecule has 4 saturated carbocycles. The van der Waals surface area contributed by atoms with Crippen LogP contribution in [0.15, 0.2) is 18.2 Å². The number of carbonyl (C=O) groups excluding carboxylic acids is 1. The third-order valence-electron chi connectivity index (χ3n) is 8.30. The topological polar surface area (TPSA) is 87.5 Å². The smallest absolute Gasteiger partial charge is 0.294 e. The van der Waals surface area contributed by atoms with E-state index >= 15 is 0 Å². The van der Waals surface area contributed by atoms with Gasteiger partial charge in [-0.3, -0.25) is 14.9 Å². The van der Waals surface area contributed by atoms with E-state index in [0.717, 1.165) is 30.8 Å². The number of nitro benzene ring substituents is 1. The van der Waals surface area contributed by atoms with Crippen LogP contribution in [0.4, 0.5) is 17.1 Å². The number of nitrogens with one attached hydrogen (secondary N) is 2. The van der Waals surface area contributed by atoms with Crippen molar-refractivity contribution in [2.24, 2.45) is 29.1 Å². The minimum atomic E-state index is -0.338. The average Bonchev–Trinajstić information content (AvgIpc) is 2.72. The lowest BCUT2D eigenvalue weighted by molar-refractivity contribution is -0.384. The predicted octanol–water partition coefficient (Wildman–Crippen LogP) is 3.80. The molecule has 7 nitrogen and oxygen atoms in total. The highest BCUT2D eigenvalue weighted by molar-refractivity contribution is 5.98. The van der Waals surface area contributed by atoms with Gasteiger partial charge in [0.05, 0.1) is 10.6 Å². The predicted molar refractivity (Wildman–Crippen MR) is 117 cm³/mol. The van der Waals surface area contributed by atoms with Crippen LogP contribution < -0.4 is 15.5 Å². The van der Waals surface area contributed by atoms with E-state index in [0.29, 0.717) is 24.5 Å². The fourth-order valence-electron chi connectivity index (χ4n) is 7.23. The van der Waals surface area contributed by atoms with Gasteiger partial charge in [-0.2, -0.15) is 0 Å². The molecule has 5 aliphatic rings. The molecule has 4 aliphatic carbocycles. The first-order chi connectivity index (χ1) is 14.4. The number of hydrogen-bond acceptors (Lipinski definition) is 5. The van der Waals surface area contributed by atoms with Gasteiger partial charge in [0.2, 0.25) is 5.91 Å². The van der Waals surface area contributed by atoms with Crippen molar-refractivity contribution in [2.75, 3.05) is 36.4 Å². The molecule has 1 aliphatic heterocycles. The number of piperazine rings is 1. The number of rotatable bonds is 5. The molecule has 0 aromatic heterocycles. The van der Waals surface area contributed by atoms with Gasteiger partial charge in [-0.1, -0.05) is 13.0 Å². The number of nitro groups is 1. The van der Waals surface area contributed by atoms with Crippen LogP contribution in [0, 0.1) is 39.2 Å². The Morgan fingerprint density at radius 3 is 2.33 bits per heavy atom. The molecule has 30 heavy (non-hydrogen) atoms. The summed E-state index contributed by atoms with van der Waals surface area (Å²) in [6.45, 7) is 5.03. The Morgan fingerprint density at radius 1 is 1.17 bits per heavy atom. The van der Waals surface area contributed by atoms with E-state index < -0.39 is 0 Å². The highest BCUT2D eigenvalue weighted by Crippen LogP contribution is 2.62. The standard InChI is InChI=1S/C23H32N4O3/c1-15(23-12-16-9-17(13-23)11-18(10-16)14-23)22(28)25-19-3-2-4-20(27(29)30)21(19)26-7-5-24-6-8-26/h2-4,15-18,24H,5-14H2,1H3,(H,25,28). The zero-order valence-electron chi connectivity index (χ0n) is 17.7. The van der Waals surface area contributed by atoms with E-state index in [4.69, 9.17) is 0 Å². The maximum absolute atomic E-state index is 13.4. The van der Waals surface area contributed by atoms with Crippen molar-refractivity contribution < 1.29 is 9.72 Å². The highest BCUT2D eigenvalue weighted by atomic mass is 16.6. The Hall–Kier alpha value is -2.15. The fourth-order valence-corrected chi connectivity index (χ4v) is 7.23. The van der Waals surface area contributed by atoms with Crippen LogP contribution in [0.2, 0.25) is 0 Å². The molecule has 6 rings (SSSR count). The first-order valence-corrected chi connectivity index (χ1v) is 11.5. The second-order valence-electron chi connectivity index (χ2n) is 10.2. The summed E-state index contributed by atoms with van der Waals surface area (Å²) < 4.78 is 0. The van der Waals surface area contributed by atoms with Gasteiger partial charge in [0.25, 0.3) is 5.69 Å². The van der Waals surface area contributed by atoms with Crippen molar-refractivity contribution in [3.8, 4) is 0 Å². The van der Waals surface area contributed by atoms with Crippen LogP contribution in [0.5, 0.6) is 0 Å². The van der Waals surface area contributed by atoms with Crippen LogP contribution in [0.1, 0.15) is 45.4 Å². The Balaban J connectivity index is 1.41. The lowest BCUT2D eigenvalue weighted by Gasteiger charge is -2.58. The first kappa shape index (κ1) is 19.8. The number of amides is 1. The van der Waals surface area contributed by atoms with E-state index in [1.807, 2.05) is 11.0 Å². The lowest BCUT2D eigenvalue weighted by Crippen LogP contribution is -2.51. The van der Waals surface area contributed by atoms with Gasteiger partial charge in [0.1, 0.15) is 5.69 Å². The molecule has 7 heteroatoms. The van der Waals surface area contributed by atoms with Gasteiger partial charge in [0.15, 0.2) is 0 Å². The molecule has 1 saturated heterocycles. The Morgan fingerprint density at radius 2 is 1.77 bits per heavy atom. The van der Waals surface area contributed by atoms with Gasteiger partial charge >= 0.3 is 0 Å². The van der Waals surface area contributed by atoms with Crippen molar-refractivity contribution in [3.05, 3.63) is 28.3 Å². The van der Waals surface area contributed by atoms with Gasteiger partial charge in [-0.15, -0.1) is 0 Å². The summed E-state index contributed by atoms with van der Waals surface area (Å²) in [5.74, 6) is 2.33. The van der Waals surface area contributed by atoms with Crippen LogP contribution in [-0.4, -0.2) is 37.0 Å². The first-order valence-electron chi connectivity index (χ1n) is 11.5. The molecule has 1 aromatic rings. The summed E-state index contributed by atoms with van der Waals surface area (Å²) in [6.07, 6.45) is 7.58. The third-order valence-corrected chi connectivity index (χ3v) is 8.30. The molecule has 1 unspecified atom stereocenters. The minimum absolute atomic E-state index is 0.0221. The van der Waals surface area contributed by atoms with Gasteiger partial charge in [-0.25, -0.2) is 0 Å². The Labute approximate surface area is 177 Å². The molecule has 1 atom stereocenters. The quantitative estimate of drug-likeness (QED) is 0.567. The van der Waals surface area contributed by atoms with Crippen LogP contribution >= 0.6 is 0 Å². The molecule has 4 bridgehead atoms. The van der Waals surface area contributed by atoms with E-state index in [1.54, 1.807) is 6.07 Å². The zero-order chi connectivity index (χ0) is 20.9. The summed E-state index contributed by atoms with van der Waals surface area (Å²) in [4.78, 5) is 26.8. The molecule has 1 aromatic carbocycles. The number of carbonyl (C=O) groups is 1. The molecule has 0 radical (unpaired) electrons. The minimum Gasteiger partial charge on any atom is -0.362 e. The van der Waals surface area contributed by atoms with Gasteiger partial charge < -0.3 is 15.5 Å². The maximum atomic E-state index is 13.4. The lowest BCUT2D eigenvalue weighted by atomic mass is 9.46. The second-order valence-corrected chi connectivity index (χ2v) is 10.2. The maximum Gasteiger partial charge on any atom is 0.294 e. The largest absolute Gasteiger partial charge is 0.362 e. The molecular formula is C23H32N4O3. The van der Waals surface area contributed by atoms with Gasteiger partial charge in [-0.05, 0) is 67.8 Å². The van der Waals surface area contributed by atoms with Crippen LogP contribution in [0.25, 0.3) is 0 Å². The van der Waals surface area contributed by atoms with Crippen molar-refractivity contribution in [1.82, 2.24) is 5.32 Å². The summed E-state index contributed by atoms with van der Waals surface area (Å²) in [5.41, 5.74) is 1.31. The molecule has 5 fully saturated rings. The number of para-hydroxylation sites is 1. The molecule has 1 heterocycles. The summed E-state index contributed by atoms with van der Waals surface area (Å²) >= 11 is 0. The van der Waals surface area contributed by atoms with Crippen molar-refractivity contribution in [3.63, 3.8) is 0 Å². The Kier molecular flexibility index (Phi) is 4.96. The Bertz CT molecular complexity index is 814. The van der Waals surface area contributed by atoms with Crippen molar-refractivity contribution in [1.29, 1.82) is 0 Å². The SMILES string of the molecule is CC(C(=O)Nc1cccc([N+](=O)[O-])c1N1CCNCC1)C12CC3CC(CC(C3)C1)C2. The number of anilines is 2.